The van der Waals surface area contributed by atoms with Gasteiger partial charge in [0.15, 0.2) is 0 Å². The van der Waals surface area contributed by atoms with Crippen molar-refractivity contribution in [2.45, 2.75) is 26.7 Å². The van der Waals surface area contributed by atoms with E-state index >= 15 is 0 Å². The molecule has 0 unspecified atom stereocenters. The molecular weight excluding hydrogens is 484 g/mol. The summed E-state index contributed by atoms with van der Waals surface area (Å²) in [5, 5.41) is 0. The molecule has 0 amide bonds. The number of hydrogen-bond donors (Lipinski definition) is 0. The highest BCUT2D eigenvalue weighted by molar-refractivity contribution is 5.92. The molecule has 198 valence electrons. The summed E-state index contributed by atoms with van der Waals surface area (Å²) in [6.07, 6.45) is 4.20. The Hall–Kier alpha value is -4.65. The van der Waals surface area contributed by atoms with Crippen molar-refractivity contribution in [2.75, 3.05) is 13.2 Å². The summed E-state index contributed by atoms with van der Waals surface area (Å²) >= 11 is 0. The van der Waals surface area contributed by atoms with Gasteiger partial charge in [-0.1, -0.05) is 45.2 Å². The topological polar surface area (TPSA) is 88.1 Å². The zero-order valence-electron chi connectivity index (χ0n) is 21.7. The molecule has 0 radical (unpaired) electrons. The summed E-state index contributed by atoms with van der Waals surface area (Å²) in [5.74, 6) is -0.212. The van der Waals surface area contributed by atoms with Crippen molar-refractivity contribution in [3.8, 4) is 17.2 Å². The average Bonchev–Trinajstić information content (AvgIpc) is 2.97. The van der Waals surface area contributed by atoms with E-state index in [-0.39, 0.29) is 0 Å². The first-order chi connectivity index (χ1) is 18.5. The van der Waals surface area contributed by atoms with Crippen LogP contribution in [0.2, 0.25) is 0 Å². The smallest absolute Gasteiger partial charge is 0.343 e. The summed E-state index contributed by atoms with van der Waals surface area (Å²) in [6.45, 7) is 11.8. The number of esters is 3. The van der Waals surface area contributed by atoms with Gasteiger partial charge in [0.05, 0.1) is 24.3 Å². The maximum atomic E-state index is 12.4. The molecule has 0 fully saturated rings. The Morgan fingerprint density at radius 3 is 1.58 bits per heavy atom. The molecule has 0 N–H and O–H groups in total. The van der Waals surface area contributed by atoms with Crippen LogP contribution in [0.3, 0.4) is 0 Å². The van der Waals surface area contributed by atoms with Gasteiger partial charge in [-0.25, -0.2) is 14.4 Å². The molecule has 0 aliphatic heterocycles. The lowest BCUT2D eigenvalue weighted by atomic mass is 10.1. The Balaban J connectivity index is 0.00000247. The van der Waals surface area contributed by atoms with Crippen LogP contribution in [0.25, 0.3) is 6.08 Å². The van der Waals surface area contributed by atoms with Gasteiger partial charge in [0.2, 0.25) is 0 Å². The fourth-order valence-corrected chi connectivity index (χ4v) is 2.98. The first-order valence-corrected chi connectivity index (χ1v) is 12.3. The van der Waals surface area contributed by atoms with Crippen LogP contribution in [0, 0.1) is 0 Å². The second kappa shape index (κ2) is 16.2. The zero-order valence-corrected chi connectivity index (χ0v) is 21.7. The number of carbonyl (C=O) groups is 3. The Kier molecular flexibility index (Phi) is 12.6. The first-order valence-electron chi connectivity index (χ1n) is 12.3. The van der Waals surface area contributed by atoms with Gasteiger partial charge < -0.3 is 18.9 Å². The van der Waals surface area contributed by atoms with Crippen LogP contribution < -0.4 is 14.2 Å². The van der Waals surface area contributed by atoms with Gasteiger partial charge in [0.25, 0.3) is 0 Å². The number of hydrogen-bond acceptors (Lipinski definition) is 7. The minimum Gasteiger partial charge on any atom is -0.494 e. The highest BCUT2D eigenvalue weighted by Crippen LogP contribution is 2.21. The summed E-state index contributed by atoms with van der Waals surface area (Å²) in [4.78, 5) is 35.7. The largest absolute Gasteiger partial charge is 0.494 e. The molecule has 3 rings (SSSR count). The molecule has 0 aliphatic carbocycles. The van der Waals surface area contributed by atoms with E-state index in [0.717, 1.165) is 11.6 Å². The fraction of sp³-hybridized carbons (Fsp3) is 0.194. The van der Waals surface area contributed by atoms with Gasteiger partial charge in [-0.05, 0) is 79.1 Å². The number of rotatable bonds is 12. The van der Waals surface area contributed by atoms with Crippen LogP contribution in [0.5, 0.6) is 17.2 Å². The van der Waals surface area contributed by atoms with Crippen molar-refractivity contribution >= 4 is 24.0 Å². The molecule has 3 aromatic rings. The maximum Gasteiger partial charge on any atom is 0.343 e. The summed E-state index contributed by atoms with van der Waals surface area (Å²) < 4.78 is 21.3. The molecular formula is C31H32O7. The van der Waals surface area contributed by atoms with E-state index in [2.05, 4.69) is 13.2 Å². The van der Waals surface area contributed by atoms with Crippen molar-refractivity contribution in [3.63, 3.8) is 0 Å². The third-order valence-corrected chi connectivity index (χ3v) is 4.94. The molecule has 0 heterocycles. The molecule has 0 atom stereocenters. The molecule has 0 aliphatic rings. The van der Waals surface area contributed by atoms with Gasteiger partial charge in [0, 0.05) is 6.08 Å². The Labute approximate surface area is 223 Å². The van der Waals surface area contributed by atoms with Crippen LogP contribution >= 0.6 is 0 Å². The lowest BCUT2D eigenvalue weighted by Gasteiger charge is -2.08. The molecule has 0 spiro atoms. The van der Waals surface area contributed by atoms with E-state index in [0.29, 0.717) is 54.4 Å². The number of carbonyl (C=O) groups excluding carboxylic acids is 3. The summed E-state index contributed by atoms with van der Waals surface area (Å²) in [5.41, 5.74) is 1.68. The highest BCUT2D eigenvalue weighted by atomic mass is 16.5. The minimum atomic E-state index is -0.530. The van der Waals surface area contributed by atoms with Gasteiger partial charge >= 0.3 is 17.9 Å². The van der Waals surface area contributed by atoms with Crippen LogP contribution in [-0.2, 0) is 9.53 Å². The van der Waals surface area contributed by atoms with Crippen molar-refractivity contribution in [3.05, 3.63) is 109 Å². The molecule has 0 saturated heterocycles. The Morgan fingerprint density at radius 1 is 0.658 bits per heavy atom. The van der Waals surface area contributed by atoms with E-state index in [4.69, 9.17) is 18.9 Å². The maximum absolute atomic E-state index is 12.4. The van der Waals surface area contributed by atoms with Gasteiger partial charge in [-0.15, -0.1) is 0 Å². The number of benzene rings is 3. The lowest BCUT2D eigenvalue weighted by Crippen LogP contribution is -2.09. The van der Waals surface area contributed by atoms with E-state index in [9.17, 15) is 14.4 Å². The van der Waals surface area contributed by atoms with E-state index in [1.807, 2.05) is 13.8 Å². The Bertz CT molecular complexity index is 1190. The van der Waals surface area contributed by atoms with E-state index in [1.54, 1.807) is 78.9 Å². The number of ether oxygens (including phenoxy) is 4. The molecule has 0 saturated carbocycles. The van der Waals surface area contributed by atoms with Crippen molar-refractivity contribution in [2.24, 2.45) is 0 Å². The third-order valence-electron chi connectivity index (χ3n) is 4.94. The standard InChI is InChI=1S/C29H26O7.C2H6/c1-3-21-7-9-22(10-8-21)28(31)35-25-15-17-26(18-16-25)36-29(32)23-11-13-24(14-12-23)33-19-5-6-20-34-27(30)4-2;1-2/h3-4,7-18H,1-2,5-6,19-20H2;1-2H3. The van der Waals surface area contributed by atoms with Gasteiger partial charge in [-0.2, -0.15) is 0 Å². The molecule has 0 bridgehead atoms. The average molecular weight is 517 g/mol. The van der Waals surface area contributed by atoms with Crippen molar-refractivity contribution in [1.82, 2.24) is 0 Å². The second-order valence-corrected chi connectivity index (χ2v) is 7.53. The second-order valence-electron chi connectivity index (χ2n) is 7.53. The van der Waals surface area contributed by atoms with E-state index in [1.165, 1.54) is 0 Å². The monoisotopic (exact) mass is 516 g/mol. The van der Waals surface area contributed by atoms with Gasteiger partial charge in [-0.3, -0.25) is 0 Å². The molecule has 0 aromatic heterocycles. The van der Waals surface area contributed by atoms with E-state index < -0.39 is 17.9 Å². The highest BCUT2D eigenvalue weighted by Gasteiger charge is 2.11. The van der Waals surface area contributed by atoms with Crippen LogP contribution in [0.1, 0.15) is 53.0 Å². The molecule has 3 aromatic carbocycles. The SMILES string of the molecule is C=CC(=O)OCCCCOc1ccc(C(=O)Oc2ccc(OC(=O)c3ccc(C=C)cc3)cc2)cc1.CC. The predicted octanol–water partition coefficient (Wildman–Crippen LogP) is 6.68. The molecule has 38 heavy (non-hydrogen) atoms. The van der Waals surface area contributed by atoms with Crippen molar-refractivity contribution < 1.29 is 33.3 Å². The summed E-state index contributed by atoms with van der Waals surface area (Å²) in [6, 6.07) is 19.6. The Morgan fingerprint density at radius 2 is 1.11 bits per heavy atom. The number of unbranched alkanes of at least 4 members (excludes halogenated alkanes) is 1. The van der Waals surface area contributed by atoms with Crippen LogP contribution in [0.15, 0.2) is 92.0 Å². The normalized spacial score (nSPS) is 9.74. The van der Waals surface area contributed by atoms with Crippen LogP contribution in [0.4, 0.5) is 0 Å². The van der Waals surface area contributed by atoms with Gasteiger partial charge in [0.1, 0.15) is 17.2 Å². The minimum absolute atomic E-state index is 0.312. The lowest BCUT2D eigenvalue weighted by molar-refractivity contribution is -0.137. The predicted molar refractivity (Wildman–Crippen MR) is 147 cm³/mol. The first kappa shape index (κ1) is 29.6. The molecule has 7 nitrogen and oxygen atoms in total. The zero-order chi connectivity index (χ0) is 27.8. The quantitative estimate of drug-likeness (QED) is 0.115. The van der Waals surface area contributed by atoms with Crippen molar-refractivity contribution in [1.29, 1.82) is 0 Å². The molecule has 7 heteroatoms. The summed E-state index contributed by atoms with van der Waals surface area (Å²) in [7, 11) is 0. The van der Waals surface area contributed by atoms with Crippen LogP contribution in [-0.4, -0.2) is 31.1 Å². The fourth-order valence-electron chi connectivity index (χ4n) is 2.98. The third kappa shape index (κ3) is 9.78.